The van der Waals surface area contributed by atoms with Crippen LogP contribution in [0.1, 0.15) is 45.7 Å². The molecule has 0 heterocycles. The second-order valence-corrected chi connectivity index (χ2v) is 5.29. The van der Waals surface area contributed by atoms with E-state index in [0.29, 0.717) is 24.2 Å². The van der Waals surface area contributed by atoms with Crippen molar-refractivity contribution in [3.8, 4) is 0 Å². The number of aryl methyl sites for hydroxylation is 1. The normalized spacial score (nSPS) is 10.2. The van der Waals surface area contributed by atoms with Gasteiger partial charge in [0.05, 0.1) is 0 Å². The van der Waals surface area contributed by atoms with Crippen LogP contribution in [0.4, 0.5) is 0 Å². The highest BCUT2D eigenvalue weighted by Crippen LogP contribution is 2.08. The highest BCUT2D eigenvalue weighted by molar-refractivity contribution is 5.99. The van der Waals surface area contributed by atoms with E-state index in [2.05, 4.69) is 29.7 Å². The molecule has 0 spiro atoms. The van der Waals surface area contributed by atoms with Gasteiger partial charge in [0.2, 0.25) is 0 Å². The molecule has 0 saturated carbocycles. The van der Waals surface area contributed by atoms with E-state index in [-0.39, 0.29) is 11.8 Å². The molecule has 0 radical (unpaired) electrons. The van der Waals surface area contributed by atoms with Crippen molar-refractivity contribution in [3.63, 3.8) is 0 Å². The molecule has 0 aromatic heterocycles. The summed E-state index contributed by atoms with van der Waals surface area (Å²) in [6, 6.07) is 14.9. The molecule has 4 heteroatoms. The average Bonchev–Trinajstić information content (AvgIpc) is 2.60. The van der Waals surface area contributed by atoms with Crippen molar-refractivity contribution in [1.82, 2.24) is 10.6 Å². The van der Waals surface area contributed by atoms with E-state index in [4.69, 9.17) is 0 Å². The fraction of sp³-hybridized carbons (Fsp3) is 0.263. The van der Waals surface area contributed by atoms with Crippen LogP contribution >= 0.6 is 0 Å². The fourth-order valence-electron chi connectivity index (χ4n) is 2.24. The van der Waals surface area contributed by atoms with Gasteiger partial charge in [0.1, 0.15) is 0 Å². The lowest BCUT2D eigenvalue weighted by atomic mass is 10.1. The van der Waals surface area contributed by atoms with Crippen LogP contribution in [0.3, 0.4) is 0 Å². The fourth-order valence-corrected chi connectivity index (χ4v) is 2.24. The zero-order valence-electron chi connectivity index (χ0n) is 13.6. The van der Waals surface area contributed by atoms with Crippen LogP contribution in [0.2, 0.25) is 0 Å². The number of rotatable bonds is 6. The van der Waals surface area contributed by atoms with Crippen molar-refractivity contribution in [3.05, 3.63) is 70.8 Å². The topological polar surface area (TPSA) is 58.2 Å². The summed E-state index contributed by atoms with van der Waals surface area (Å²) in [4.78, 5) is 24.0. The Morgan fingerprint density at radius 2 is 1.39 bits per heavy atom. The van der Waals surface area contributed by atoms with Crippen LogP contribution in [0, 0.1) is 0 Å². The molecule has 120 valence electrons. The second kappa shape index (κ2) is 8.13. The molecule has 0 aliphatic rings. The Balaban J connectivity index is 1.99. The Bertz CT molecular complexity index is 678. The van der Waals surface area contributed by atoms with Crippen molar-refractivity contribution in [1.29, 1.82) is 0 Å². The van der Waals surface area contributed by atoms with E-state index in [1.54, 1.807) is 24.3 Å². The number of amides is 2. The van der Waals surface area contributed by atoms with Gasteiger partial charge in [-0.15, -0.1) is 0 Å². The quantitative estimate of drug-likeness (QED) is 0.862. The number of nitrogens with one attached hydrogen (secondary N) is 2. The van der Waals surface area contributed by atoms with Gasteiger partial charge in [-0.25, -0.2) is 0 Å². The van der Waals surface area contributed by atoms with Gasteiger partial charge >= 0.3 is 0 Å². The smallest absolute Gasteiger partial charge is 0.251 e. The van der Waals surface area contributed by atoms with Gasteiger partial charge in [0.15, 0.2) is 0 Å². The molecule has 0 unspecified atom stereocenters. The number of hydrogen-bond donors (Lipinski definition) is 2. The molecular weight excluding hydrogens is 288 g/mol. The lowest BCUT2D eigenvalue weighted by Crippen LogP contribution is -2.25. The first-order valence-corrected chi connectivity index (χ1v) is 7.88. The van der Waals surface area contributed by atoms with E-state index < -0.39 is 0 Å². The standard InChI is InChI=1S/C19H22N2O2/c1-3-14-8-10-15(11-9-14)13-21-19(23)17-7-5-6-16(12-17)18(22)20-4-2/h5-12H,3-4,13H2,1-2H3,(H,20,22)(H,21,23). The largest absolute Gasteiger partial charge is 0.352 e. The van der Waals surface area contributed by atoms with E-state index in [1.165, 1.54) is 5.56 Å². The van der Waals surface area contributed by atoms with E-state index >= 15 is 0 Å². The Kier molecular flexibility index (Phi) is 5.92. The minimum Gasteiger partial charge on any atom is -0.352 e. The Morgan fingerprint density at radius 1 is 0.826 bits per heavy atom. The van der Waals surface area contributed by atoms with Gasteiger partial charge in [-0.3, -0.25) is 9.59 Å². The molecule has 4 nitrogen and oxygen atoms in total. The molecule has 0 saturated heterocycles. The second-order valence-electron chi connectivity index (χ2n) is 5.29. The van der Waals surface area contributed by atoms with Crippen LogP contribution in [0.25, 0.3) is 0 Å². The number of carbonyl (C=O) groups is 2. The van der Waals surface area contributed by atoms with Gasteiger partial charge in [-0.1, -0.05) is 37.3 Å². The van der Waals surface area contributed by atoms with Crippen molar-refractivity contribution < 1.29 is 9.59 Å². The third-order valence-corrected chi connectivity index (χ3v) is 3.61. The average molecular weight is 310 g/mol. The Hall–Kier alpha value is -2.62. The summed E-state index contributed by atoms with van der Waals surface area (Å²) in [5, 5.41) is 5.61. The molecular formula is C19H22N2O2. The van der Waals surface area contributed by atoms with Crippen LogP contribution in [0.15, 0.2) is 48.5 Å². The van der Waals surface area contributed by atoms with Crippen molar-refractivity contribution >= 4 is 11.8 Å². The van der Waals surface area contributed by atoms with Gasteiger partial charge < -0.3 is 10.6 Å². The number of hydrogen-bond acceptors (Lipinski definition) is 2. The summed E-state index contributed by atoms with van der Waals surface area (Å²) in [7, 11) is 0. The van der Waals surface area contributed by atoms with Crippen LogP contribution in [-0.4, -0.2) is 18.4 Å². The molecule has 2 aromatic rings. The predicted molar refractivity (Wildman–Crippen MR) is 91.4 cm³/mol. The van der Waals surface area contributed by atoms with Gasteiger partial charge in [0.25, 0.3) is 11.8 Å². The minimum atomic E-state index is -0.185. The summed E-state index contributed by atoms with van der Waals surface area (Å²) < 4.78 is 0. The molecule has 2 rings (SSSR count). The first kappa shape index (κ1) is 16.7. The Morgan fingerprint density at radius 3 is 1.96 bits per heavy atom. The molecule has 23 heavy (non-hydrogen) atoms. The lowest BCUT2D eigenvalue weighted by molar-refractivity contribution is 0.0951. The Labute approximate surface area is 136 Å². The number of benzene rings is 2. The zero-order chi connectivity index (χ0) is 16.7. The SMILES string of the molecule is CCNC(=O)c1cccc(C(=O)NCc2ccc(CC)cc2)c1. The monoisotopic (exact) mass is 310 g/mol. The van der Waals surface area contributed by atoms with Gasteiger partial charge in [0, 0.05) is 24.2 Å². The van der Waals surface area contributed by atoms with Crippen LogP contribution in [0.5, 0.6) is 0 Å². The maximum atomic E-state index is 12.2. The molecule has 0 aliphatic carbocycles. The van der Waals surface area contributed by atoms with Gasteiger partial charge in [-0.2, -0.15) is 0 Å². The summed E-state index contributed by atoms with van der Waals surface area (Å²) >= 11 is 0. The molecule has 2 aromatic carbocycles. The highest BCUT2D eigenvalue weighted by atomic mass is 16.2. The van der Waals surface area contributed by atoms with Gasteiger partial charge in [-0.05, 0) is 42.7 Å². The zero-order valence-corrected chi connectivity index (χ0v) is 13.6. The third kappa shape index (κ3) is 4.68. The molecule has 2 N–H and O–H groups in total. The van der Waals surface area contributed by atoms with Crippen molar-refractivity contribution in [2.75, 3.05) is 6.54 Å². The van der Waals surface area contributed by atoms with Crippen LogP contribution in [-0.2, 0) is 13.0 Å². The summed E-state index contributed by atoms with van der Waals surface area (Å²) in [6.07, 6.45) is 0.999. The third-order valence-electron chi connectivity index (χ3n) is 3.61. The maximum absolute atomic E-state index is 12.2. The maximum Gasteiger partial charge on any atom is 0.251 e. The van der Waals surface area contributed by atoms with E-state index in [9.17, 15) is 9.59 Å². The molecule has 2 amide bonds. The molecule has 0 atom stereocenters. The summed E-state index contributed by atoms with van der Waals surface area (Å²) in [5.41, 5.74) is 3.30. The summed E-state index contributed by atoms with van der Waals surface area (Å²) in [5.74, 6) is -0.354. The van der Waals surface area contributed by atoms with Crippen molar-refractivity contribution in [2.24, 2.45) is 0 Å². The van der Waals surface area contributed by atoms with E-state index in [1.807, 2.05) is 19.1 Å². The first-order valence-electron chi connectivity index (χ1n) is 7.88. The molecule has 0 bridgehead atoms. The predicted octanol–water partition coefficient (Wildman–Crippen LogP) is 2.93. The molecule has 0 aliphatic heterocycles. The summed E-state index contributed by atoms with van der Waals surface area (Å²) in [6.45, 7) is 4.99. The first-order chi connectivity index (χ1) is 11.1. The number of carbonyl (C=O) groups excluding carboxylic acids is 2. The molecule has 0 fully saturated rings. The van der Waals surface area contributed by atoms with Crippen LogP contribution < -0.4 is 10.6 Å². The minimum absolute atomic E-state index is 0.169. The van der Waals surface area contributed by atoms with E-state index in [0.717, 1.165) is 12.0 Å². The van der Waals surface area contributed by atoms with Crippen molar-refractivity contribution in [2.45, 2.75) is 26.8 Å². The highest BCUT2D eigenvalue weighted by Gasteiger charge is 2.09. The lowest BCUT2D eigenvalue weighted by Gasteiger charge is -2.08.